The minimum absolute atomic E-state index is 0.0656. The average molecular weight is 194 g/mol. The first-order valence-corrected chi connectivity index (χ1v) is 4.79. The molecule has 14 heavy (non-hydrogen) atoms. The lowest BCUT2D eigenvalue weighted by Gasteiger charge is -2.02. The summed E-state index contributed by atoms with van der Waals surface area (Å²) < 4.78 is 0. The zero-order chi connectivity index (χ0) is 11.0. The minimum Gasteiger partial charge on any atom is -0.326 e. The number of hydrogen-bond acceptors (Lipinski definition) is 2. The number of anilines is 1. The van der Waals surface area contributed by atoms with E-state index in [4.69, 9.17) is 5.73 Å². The molecule has 0 atom stereocenters. The fourth-order valence-corrected chi connectivity index (χ4v) is 0.979. The molecule has 78 valence electrons. The summed E-state index contributed by atoms with van der Waals surface area (Å²) in [5.41, 5.74) is 7.25. The highest BCUT2D eigenvalue weighted by atomic mass is 16.1. The first-order valence-electron chi connectivity index (χ1n) is 4.79. The first-order chi connectivity index (χ1) is 6.72. The highest BCUT2D eigenvalue weighted by molar-refractivity contribution is 5.88. The number of nitrogens with two attached hydrogens (primary N) is 1. The van der Waals surface area contributed by atoms with Gasteiger partial charge >= 0.3 is 0 Å². The number of hydrogen-bond donors (Lipinski definition) is 2. The van der Waals surface area contributed by atoms with Crippen LogP contribution in [0.15, 0.2) is 24.3 Å². The van der Waals surface area contributed by atoms with Crippen molar-refractivity contribution in [2.75, 3.05) is 5.32 Å². The normalized spacial score (nSPS) is 8.57. The Bertz CT molecular complexity index is 284. The molecule has 0 heterocycles. The summed E-state index contributed by atoms with van der Waals surface area (Å²) in [6, 6.07) is 7.49. The third kappa shape index (κ3) is 4.62. The lowest BCUT2D eigenvalue weighted by atomic mass is 10.2. The lowest BCUT2D eigenvalue weighted by molar-refractivity contribution is -0.114. The smallest absolute Gasteiger partial charge is 0.221 e. The van der Waals surface area contributed by atoms with Crippen LogP contribution in [0.5, 0.6) is 0 Å². The van der Waals surface area contributed by atoms with Crippen molar-refractivity contribution in [2.24, 2.45) is 5.73 Å². The summed E-state index contributed by atoms with van der Waals surface area (Å²) >= 11 is 0. The summed E-state index contributed by atoms with van der Waals surface area (Å²) in [6.07, 6.45) is 0. The van der Waals surface area contributed by atoms with Crippen molar-refractivity contribution in [3.63, 3.8) is 0 Å². The third-order valence-electron chi connectivity index (χ3n) is 1.48. The van der Waals surface area contributed by atoms with E-state index in [1.807, 2.05) is 38.1 Å². The molecule has 0 bridgehead atoms. The van der Waals surface area contributed by atoms with E-state index in [9.17, 15) is 4.79 Å². The standard InChI is InChI=1S/C9H12N2O.C2H6/c1-7(12)11-9-4-2-3-8(5-9)6-10;1-2/h2-5H,6,10H2,1H3,(H,11,12);1-2H3. The van der Waals surface area contributed by atoms with E-state index < -0.39 is 0 Å². The molecule has 0 aliphatic rings. The van der Waals surface area contributed by atoms with E-state index in [-0.39, 0.29) is 5.91 Å². The molecular formula is C11H18N2O. The minimum atomic E-state index is -0.0656. The van der Waals surface area contributed by atoms with Crippen LogP contribution >= 0.6 is 0 Å². The van der Waals surface area contributed by atoms with E-state index in [0.29, 0.717) is 6.54 Å². The molecule has 3 N–H and O–H groups in total. The number of carbonyl (C=O) groups excluding carboxylic acids is 1. The van der Waals surface area contributed by atoms with Crippen molar-refractivity contribution in [3.8, 4) is 0 Å². The van der Waals surface area contributed by atoms with E-state index in [1.54, 1.807) is 0 Å². The van der Waals surface area contributed by atoms with E-state index in [1.165, 1.54) is 6.92 Å². The molecule has 3 heteroatoms. The highest BCUT2D eigenvalue weighted by Crippen LogP contribution is 2.09. The number of benzene rings is 1. The number of carbonyl (C=O) groups is 1. The van der Waals surface area contributed by atoms with Gasteiger partial charge in [0.15, 0.2) is 0 Å². The SMILES string of the molecule is CC.CC(=O)Nc1cccc(CN)c1. The largest absolute Gasteiger partial charge is 0.326 e. The molecule has 0 saturated heterocycles. The summed E-state index contributed by atoms with van der Waals surface area (Å²) in [4.78, 5) is 10.7. The fraction of sp³-hybridized carbons (Fsp3) is 0.364. The van der Waals surface area contributed by atoms with E-state index in [2.05, 4.69) is 5.32 Å². The fourth-order valence-electron chi connectivity index (χ4n) is 0.979. The molecule has 0 unspecified atom stereocenters. The van der Waals surface area contributed by atoms with Crippen LogP contribution in [0.25, 0.3) is 0 Å². The molecule has 0 saturated carbocycles. The van der Waals surface area contributed by atoms with Crippen LogP contribution in [0.2, 0.25) is 0 Å². The van der Waals surface area contributed by atoms with Crippen molar-refractivity contribution in [2.45, 2.75) is 27.3 Å². The Labute approximate surface area is 85.3 Å². The Hall–Kier alpha value is -1.35. The van der Waals surface area contributed by atoms with Gasteiger partial charge in [0.25, 0.3) is 0 Å². The number of rotatable bonds is 2. The number of amides is 1. The Morgan fingerprint density at radius 1 is 1.43 bits per heavy atom. The van der Waals surface area contributed by atoms with Crippen LogP contribution in [-0.2, 0) is 11.3 Å². The van der Waals surface area contributed by atoms with Gasteiger partial charge in [-0.2, -0.15) is 0 Å². The molecule has 0 aliphatic carbocycles. The molecule has 0 fully saturated rings. The zero-order valence-corrected chi connectivity index (χ0v) is 9.00. The van der Waals surface area contributed by atoms with Crippen LogP contribution in [0.4, 0.5) is 5.69 Å². The Morgan fingerprint density at radius 3 is 2.57 bits per heavy atom. The third-order valence-corrected chi connectivity index (χ3v) is 1.48. The molecule has 1 amide bonds. The van der Waals surface area contributed by atoms with Crippen LogP contribution in [0.1, 0.15) is 26.3 Å². The van der Waals surface area contributed by atoms with Crippen LogP contribution in [0, 0.1) is 0 Å². The molecule has 0 aliphatic heterocycles. The van der Waals surface area contributed by atoms with Crippen molar-refractivity contribution >= 4 is 11.6 Å². The van der Waals surface area contributed by atoms with Gasteiger partial charge in [0.2, 0.25) is 5.91 Å². The Kier molecular flexibility index (Phi) is 6.41. The van der Waals surface area contributed by atoms with E-state index in [0.717, 1.165) is 11.3 Å². The van der Waals surface area contributed by atoms with Crippen molar-refractivity contribution in [1.82, 2.24) is 0 Å². The molecule has 1 aromatic rings. The van der Waals surface area contributed by atoms with Gasteiger partial charge in [-0.1, -0.05) is 26.0 Å². The maximum absolute atomic E-state index is 10.7. The van der Waals surface area contributed by atoms with Gasteiger partial charge < -0.3 is 11.1 Å². The second-order valence-corrected chi connectivity index (χ2v) is 2.59. The van der Waals surface area contributed by atoms with Crippen molar-refractivity contribution in [1.29, 1.82) is 0 Å². The van der Waals surface area contributed by atoms with Gasteiger partial charge in [0.05, 0.1) is 0 Å². The van der Waals surface area contributed by atoms with E-state index >= 15 is 0 Å². The molecule has 0 aromatic heterocycles. The van der Waals surface area contributed by atoms with Gasteiger partial charge in [0, 0.05) is 19.2 Å². The van der Waals surface area contributed by atoms with Gasteiger partial charge in [0.1, 0.15) is 0 Å². The molecule has 1 aromatic carbocycles. The Balaban J connectivity index is 0.000000791. The van der Waals surface area contributed by atoms with Crippen LogP contribution in [-0.4, -0.2) is 5.91 Å². The predicted octanol–water partition coefficient (Wildman–Crippen LogP) is 2.13. The van der Waals surface area contributed by atoms with Gasteiger partial charge in [-0.15, -0.1) is 0 Å². The molecule has 3 nitrogen and oxygen atoms in total. The number of nitrogens with one attached hydrogen (secondary N) is 1. The molecule has 0 spiro atoms. The summed E-state index contributed by atoms with van der Waals surface area (Å²) in [7, 11) is 0. The molecular weight excluding hydrogens is 176 g/mol. The topological polar surface area (TPSA) is 55.1 Å². The van der Waals surface area contributed by atoms with Gasteiger partial charge in [-0.25, -0.2) is 0 Å². The van der Waals surface area contributed by atoms with Gasteiger partial charge in [-0.3, -0.25) is 4.79 Å². The van der Waals surface area contributed by atoms with Crippen molar-refractivity contribution < 1.29 is 4.79 Å². The average Bonchev–Trinajstić information content (AvgIpc) is 2.20. The van der Waals surface area contributed by atoms with Crippen LogP contribution < -0.4 is 11.1 Å². The Morgan fingerprint density at radius 2 is 2.07 bits per heavy atom. The maximum Gasteiger partial charge on any atom is 0.221 e. The molecule has 1 rings (SSSR count). The van der Waals surface area contributed by atoms with Crippen molar-refractivity contribution in [3.05, 3.63) is 29.8 Å². The zero-order valence-electron chi connectivity index (χ0n) is 9.00. The highest BCUT2D eigenvalue weighted by Gasteiger charge is 1.95. The first kappa shape index (κ1) is 12.7. The lowest BCUT2D eigenvalue weighted by Crippen LogP contribution is -2.06. The predicted molar refractivity (Wildman–Crippen MR) is 60.0 cm³/mol. The summed E-state index contributed by atoms with van der Waals surface area (Å²) in [5.74, 6) is -0.0656. The quantitative estimate of drug-likeness (QED) is 0.757. The monoisotopic (exact) mass is 194 g/mol. The summed E-state index contributed by atoms with van der Waals surface area (Å²) in [5, 5.41) is 2.68. The summed E-state index contributed by atoms with van der Waals surface area (Å²) in [6.45, 7) is 5.97. The molecule has 0 radical (unpaired) electrons. The second kappa shape index (κ2) is 7.09. The second-order valence-electron chi connectivity index (χ2n) is 2.59. The van der Waals surface area contributed by atoms with Gasteiger partial charge in [-0.05, 0) is 17.7 Å². The van der Waals surface area contributed by atoms with Crippen LogP contribution in [0.3, 0.4) is 0 Å². The maximum atomic E-state index is 10.7.